The number of carbonyl (C=O) groups is 1. The fourth-order valence-electron chi connectivity index (χ4n) is 3.56. The highest BCUT2D eigenvalue weighted by atomic mass is 16.7. The summed E-state index contributed by atoms with van der Waals surface area (Å²) >= 11 is 0. The first-order valence-corrected chi connectivity index (χ1v) is 10.8. The molecule has 0 atom stereocenters. The second-order valence-corrected chi connectivity index (χ2v) is 7.77. The van der Waals surface area contributed by atoms with Gasteiger partial charge in [0.25, 0.3) is 0 Å². The van der Waals surface area contributed by atoms with Crippen LogP contribution in [0, 0.1) is 5.92 Å². The van der Waals surface area contributed by atoms with E-state index < -0.39 is 0 Å². The van der Waals surface area contributed by atoms with Crippen LogP contribution in [0.4, 0.5) is 0 Å². The molecule has 0 amide bonds. The number of ether oxygens (including phenoxy) is 3. The zero-order valence-electron chi connectivity index (χ0n) is 17.6. The Morgan fingerprint density at radius 1 is 0.931 bits per heavy atom. The van der Waals surface area contributed by atoms with E-state index in [1.807, 2.05) is 36.4 Å². The van der Waals surface area contributed by atoms with E-state index in [0.717, 1.165) is 38.0 Å². The molecule has 156 valence electrons. The van der Waals surface area contributed by atoms with Crippen LogP contribution in [-0.4, -0.2) is 19.2 Å². The summed E-state index contributed by atoms with van der Waals surface area (Å²) in [6.07, 6.45) is 6.62. The molecule has 2 aromatic rings. The lowest BCUT2D eigenvalue weighted by Gasteiger charge is -2.29. The van der Waals surface area contributed by atoms with Crippen molar-refractivity contribution in [2.45, 2.75) is 58.7 Å². The third-order valence-electron chi connectivity index (χ3n) is 5.28. The molecule has 1 saturated heterocycles. The predicted molar refractivity (Wildman–Crippen MR) is 114 cm³/mol. The topological polar surface area (TPSA) is 44.8 Å². The maximum absolute atomic E-state index is 12.4. The minimum absolute atomic E-state index is 0.353. The molecule has 0 radical (unpaired) electrons. The summed E-state index contributed by atoms with van der Waals surface area (Å²) in [5.74, 6) is 0.687. The van der Waals surface area contributed by atoms with Crippen molar-refractivity contribution in [3.8, 4) is 5.75 Å². The van der Waals surface area contributed by atoms with Crippen LogP contribution in [0.3, 0.4) is 0 Å². The lowest BCUT2D eigenvalue weighted by Crippen LogP contribution is -2.27. The van der Waals surface area contributed by atoms with Crippen molar-refractivity contribution in [2.75, 3.05) is 13.2 Å². The SMILES string of the molecule is CCCCCc1ccc(OC(=O)c2ccc(C3OCC(CCC)CO3)cc2)cc1. The predicted octanol–water partition coefficient (Wildman–Crippen LogP) is 6.10. The van der Waals surface area contributed by atoms with Crippen molar-refractivity contribution in [2.24, 2.45) is 5.92 Å². The number of carbonyl (C=O) groups excluding carboxylic acids is 1. The molecule has 29 heavy (non-hydrogen) atoms. The molecule has 0 aromatic heterocycles. The van der Waals surface area contributed by atoms with E-state index in [2.05, 4.69) is 13.8 Å². The van der Waals surface area contributed by atoms with Gasteiger partial charge in [-0.25, -0.2) is 4.79 Å². The molecule has 2 aromatic carbocycles. The molecule has 1 aliphatic rings. The standard InChI is InChI=1S/C25H32O4/c1-3-5-6-8-19-9-15-23(16-10-19)29-24(26)21-11-13-22(14-12-21)25-27-17-20(7-4-2)18-28-25/h9-16,20,25H,3-8,17-18H2,1-2H3. The number of hydrogen-bond donors (Lipinski definition) is 0. The van der Waals surface area contributed by atoms with E-state index in [1.165, 1.54) is 24.8 Å². The molecule has 4 nitrogen and oxygen atoms in total. The fraction of sp³-hybridized carbons (Fsp3) is 0.480. The van der Waals surface area contributed by atoms with Crippen LogP contribution in [0.1, 0.15) is 73.7 Å². The van der Waals surface area contributed by atoms with Gasteiger partial charge in [0.1, 0.15) is 5.75 Å². The quantitative estimate of drug-likeness (QED) is 0.292. The Hall–Kier alpha value is -2.17. The van der Waals surface area contributed by atoms with Gasteiger partial charge in [-0.05, 0) is 49.1 Å². The Morgan fingerprint density at radius 2 is 1.62 bits per heavy atom. The number of esters is 1. The second-order valence-electron chi connectivity index (χ2n) is 7.77. The molecular weight excluding hydrogens is 364 g/mol. The minimum Gasteiger partial charge on any atom is -0.423 e. The van der Waals surface area contributed by atoms with Crippen LogP contribution in [0.2, 0.25) is 0 Å². The zero-order chi connectivity index (χ0) is 20.5. The van der Waals surface area contributed by atoms with Gasteiger partial charge >= 0.3 is 5.97 Å². The molecule has 4 heteroatoms. The average molecular weight is 397 g/mol. The molecule has 0 unspecified atom stereocenters. The van der Waals surface area contributed by atoms with Gasteiger partial charge < -0.3 is 14.2 Å². The Morgan fingerprint density at radius 3 is 2.24 bits per heavy atom. The highest BCUT2D eigenvalue weighted by molar-refractivity contribution is 5.91. The third-order valence-corrected chi connectivity index (χ3v) is 5.28. The first-order valence-electron chi connectivity index (χ1n) is 10.8. The second kappa shape index (κ2) is 11.1. The Labute approximate surface area is 174 Å². The maximum atomic E-state index is 12.4. The van der Waals surface area contributed by atoms with E-state index >= 15 is 0 Å². The van der Waals surface area contributed by atoms with E-state index in [-0.39, 0.29) is 12.3 Å². The Balaban J connectivity index is 1.51. The molecule has 1 fully saturated rings. The maximum Gasteiger partial charge on any atom is 0.343 e. The fourth-order valence-corrected chi connectivity index (χ4v) is 3.56. The summed E-state index contributed by atoms with van der Waals surface area (Å²) < 4.78 is 17.2. The molecular formula is C25H32O4. The monoisotopic (exact) mass is 396 g/mol. The largest absolute Gasteiger partial charge is 0.423 e. The smallest absolute Gasteiger partial charge is 0.343 e. The van der Waals surface area contributed by atoms with Crippen molar-refractivity contribution >= 4 is 5.97 Å². The van der Waals surface area contributed by atoms with Crippen molar-refractivity contribution in [1.29, 1.82) is 0 Å². The summed E-state index contributed by atoms with van der Waals surface area (Å²) in [6, 6.07) is 15.1. The van der Waals surface area contributed by atoms with E-state index in [0.29, 0.717) is 17.2 Å². The zero-order valence-corrected chi connectivity index (χ0v) is 17.6. The first-order chi connectivity index (χ1) is 14.2. The van der Waals surface area contributed by atoms with Gasteiger partial charge in [-0.3, -0.25) is 0 Å². The lowest BCUT2D eigenvalue weighted by molar-refractivity contribution is -0.206. The van der Waals surface area contributed by atoms with Gasteiger partial charge in [0, 0.05) is 11.5 Å². The van der Waals surface area contributed by atoms with Crippen molar-refractivity contribution in [3.63, 3.8) is 0 Å². The normalized spacial score (nSPS) is 19.1. The van der Waals surface area contributed by atoms with Crippen LogP contribution in [0.15, 0.2) is 48.5 Å². The highest BCUT2D eigenvalue weighted by Crippen LogP contribution is 2.27. The van der Waals surface area contributed by atoms with Crippen LogP contribution >= 0.6 is 0 Å². The molecule has 0 spiro atoms. The van der Waals surface area contributed by atoms with Crippen LogP contribution < -0.4 is 4.74 Å². The molecule has 0 aliphatic carbocycles. The van der Waals surface area contributed by atoms with E-state index in [9.17, 15) is 4.79 Å². The highest BCUT2D eigenvalue weighted by Gasteiger charge is 2.23. The Kier molecular flexibility index (Phi) is 8.26. The molecule has 0 N–H and O–H groups in total. The number of aryl methyl sites for hydroxylation is 1. The van der Waals surface area contributed by atoms with Gasteiger partial charge in [-0.2, -0.15) is 0 Å². The molecule has 0 saturated carbocycles. The molecule has 1 aliphatic heterocycles. The summed E-state index contributed by atoms with van der Waals surface area (Å²) in [4.78, 5) is 12.4. The molecule has 0 bridgehead atoms. The summed E-state index contributed by atoms with van der Waals surface area (Å²) in [6.45, 7) is 5.81. The number of unbranched alkanes of at least 4 members (excludes halogenated alkanes) is 2. The average Bonchev–Trinajstić information content (AvgIpc) is 2.76. The minimum atomic E-state index is -0.358. The van der Waals surface area contributed by atoms with Gasteiger partial charge in [-0.15, -0.1) is 0 Å². The van der Waals surface area contributed by atoms with E-state index in [1.54, 1.807) is 12.1 Å². The number of benzene rings is 2. The summed E-state index contributed by atoms with van der Waals surface area (Å²) in [5, 5.41) is 0. The molecule has 1 heterocycles. The van der Waals surface area contributed by atoms with Crippen molar-refractivity contribution < 1.29 is 19.0 Å². The van der Waals surface area contributed by atoms with Gasteiger partial charge in [0.2, 0.25) is 0 Å². The summed E-state index contributed by atoms with van der Waals surface area (Å²) in [5.41, 5.74) is 2.71. The molecule has 3 rings (SSSR count). The van der Waals surface area contributed by atoms with Crippen LogP contribution in [-0.2, 0) is 15.9 Å². The van der Waals surface area contributed by atoms with Gasteiger partial charge in [0.15, 0.2) is 6.29 Å². The van der Waals surface area contributed by atoms with Crippen molar-refractivity contribution in [1.82, 2.24) is 0 Å². The first kappa shape index (κ1) is 21.5. The number of rotatable bonds is 9. The van der Waals surface area contributed by atoms with Gasteiger partial charge in [-0.1, -0.05) is 57.4 Å². The van der Waals surface area contributed by atoms with Crippen molar-refractivity contribution in [3.05, 3.63) is 65.2 Å². The lowest BCUT2D eigenvalue weighted by atomic mass is 10.0. The third kappa shape index (κ3) is 6.41. The van der Waals surface area contributed by atoms with Crippen LogP contribution in [0.25, 0.3) is 0 Å². The summed E-state index contributed by atoms with van der Waals surface area (Å²) in [7, 11) is 0. The Bertz CT molecular complexity index is 743. The van der Waals surface area contributed by atoms with Gasteiger partial charge in [0.05, 0.1) is 18.8 Å². The van der Waals surface area contributed by atoms with Crippen LogP contribution in [0.5, 0.6) is 5.75 Å². The van der Waals surface area contributed by atoms with E-state index in [4.69, 9.17) is 14.2 Å². The number of hydrogen-bond acceptors (Lipinski definition) is 4.